The predicted molar refractivity (Wildman–Crippen MR) is 81.7 cm³/mol. The number of hydrogen-bond acceptors (Lipinski definition) is 1. The summed E-state index contributed by atoms with van der Waals surface area (Å²) in [6.45, 7) is 0. The zero-order valence-electron chi connectivity index (χ0n) is 9.92. The van der Waals surface area contributed by atoms with Crippen molar-refractivity contribution in [3.63, 3.8) is 0 Å². The number of benzene rings is 2. The normalized spacial score (nSPS) is 10.6. The molecular formula is C15H10BrClN2. The van der Waals surface area contributed by atoms with E-state index in [1.165, 1.54) is 0 Å². The first-order valence-electron chi connectivity index (χ1n) is 5.81. The van der Waals surface area contributed by atoms with Crippen LogP contribution in [-0.2, 0) is 0 Å². The summed E-state index contributed by atoms with van der Waals surface area (Å²) in [5.41, 5.74) is 2.84. The molecule has 0 atom stereocenters. The third-order valence-corrected chi connectivity index (χ3v) is 3.76. The number of para-hydroxylation sites is 1. The third kappa shape index (κ3) is 2.44. The van der Waals surface area contributed by atoms with E-state index in [2.05, 4.69) is 21.0 Å². The van der Waals surface area contributed by atoms with Gasteiger partial charge in [-0.05, 0) is 28.1 Å². The van der Waals surface area contributed by atoms with Gasteiger partial charge in [-0.15, -0.1) is 0 Å². The number of rotatable bonds is 2. The molecule has 94 valence electrons. The maximum atomic E-state index is 6.28. The van der Waals surface area contributed by atoms with Gasteiger partial charge in [-0.2, -0.15) is 5.10 Å². The number of halogens is 2. The lowest BCUT2D eigenvalue weighted by atomic mass is 10.2. The summed E-state index contributed by atoms with van der Waals surface area (Å²) in [6.07, 6.45) is 0. The van der Waals surface area contributed by atoms with Crippen LogP contribution in [0.15, 0.2) is 65.1 Å². The second-order valence-electron chi connectivity index (χ2n) is 4.08. The van der Waals surface area contributed by atoms with Gasteiger partial charge in [-0.3, -0.25) is 0 Å². The average molecular weight is 334 g/mol. The highest BCUT2D eigenvalue weighted by atomic mass is 79.9. The molecule has 3 aromatic rings. The van der Waals surface area contributed by atoms with Crippen LogP contribution in [0.25, 0.3) is 16.9 Å². The molecule has 0 saturated carbocycles. The molecule has 0 saturated heterocycles. The van der Waals surface area contributed by atoms with E-state index in [-0.39, 0.29) is 0 Å². The van der Waals surface area contributed by atoms with E-state index in [0.717, 1.165) is 21.4 Å². The van der Waals surface area contributed by atoms with Crippen molar-refractivity contribution in [3.8, 4) is 16.9 Å². The zero-order chi connectivity index (χ0) is 13.2. The highest BCUT2D eigenvalue weighted by Gasteiger charge is 2.11. The van der Waals surface area contributed by atoms with Gasteiger partial charge in [0.2, 0.25) is 0 Å². The van der Waals surface area contributed by atoms with Crippen LogP contribution in [-0.4, -0.2) is 9.78 Å². The van der Waals surface area contributed by atoms with Crippen LogP contribution >= 0.6 is 27.5 Å². The van der Waals surface area contributed by atoms with E-state index in [1.54, 1.807) is 4.68 Å². The zero-order valence-corrected chi connectivity index (χ0v) is 12.3. The second kappa shape index (κ2) is 5.19. The lowest BCUT2D eigenvalue weighted by Crippen LogP contribution is -1.97. The minimum absolute atomic E-state index is 0.589. The van der Waals surface area contributed by atoms with E-state index < -0.39 is 0 Å². The van der Waals surface area contributed by atoms with Crippen molar-refractivity contribution in [2.75, 3.05) is 0 Å². The molecule has 0 aliphatic heterocycles. The van der Waals surface area contributed by atoms with Crippen molar-refractivity contribution >= 4 is 27.5 Å². The Labute approximate surface area is 124 Å². The second-order valence-corrected chi connectivity index (χ2v) is 5.32. The number of nitrogens with zero attached hydrogens (tertiary/aromatic N) is 2. The molecule has 0 amide bonds. The molecule has 3 rings (SSSR count). The molecule has 19 heavy (non-hydrogen) atoms. The summed E-state index contributed by atoms with van der Waals surface area (Å²) >= 11 is 9.79. The van der Waals surface area contributed by atoms with Crippen molar-refractivity contribution in [3.05, 3.63) is 70.3 Å². The lowest BCUT2D eigenvalue weighted by Gasteiger charge is -2.05. The van der Waals surface area contributed by atoms with E-state index in [9.17, 15) is 0 Å². The Hall–Kier alpha value is -1.58. The van der Waals surface area contributed by atoms with Crippen molar-refractivity contribution in [2.45, 2.75) is 0 Å². The molecule has 0 spiro atoms. The van der Waals surface area contributed by atoms with Gasteiger partial charge in [0.15, 0.2) is 0 Å². The van der Waals surface area contributed by atoms with E-state index >= 15 is 0 Å². The van der Waals surface area contributed by atoms with Crippen molar-refractivity contribution in [1.29, 1.82) is 0 Å². The first-order valence-corrected chi connectivity index (χ1v) is 6.99. The van der Waals surface area contributed by atoms with Gasteiger partial charge >= 0.3 is 0 Å². The SMILES string of the molecule is Clc1cc(-c2ccccc2)nn1-c1ccccc1Br. The van der Waals surface area contributed by atoms with Crippen LogP contribution in [0.2, 0.25) is 5.15 Å². The Bertz CT molecular complexity index is 707. The molecule has 0 radical (unpaired) electrons. The summed E-state index contributed by atoms with van der Waals surface area (Å²) in [5.74, 6) is 0. The lowest BCUT2D eigenvalue weighted by molar-refractivity contribution is 0.881. The molecular weight excluding hydrogens is 324 g/mol. The summed E-state index contributed by atoms with van der Waals surface area (Å²) in [4.78, 5) is 0. The standard InChI is InChI=1S/C15H10BrClN2/c16-12-8-4-5-9-14(12)19-15(17)10-13(18-19)11-6-2-1-3-7-11/h1-10H. The maximum absolute atomic E-state index is 6.28. The fourth-order valence-electron chi connectivity index (χ4n) is 1.90. The molecule has 0 unspecified atom stereocenters. The van der Waals surface area contributed by atoms with Crippen LogP contribution in [0.5, 0.6) is 0 Å². The number of aromatic nitrogens is 2. The third-order valence-electron chi connectivity index (χ3n) is 2.82. The van der Waals surface area contributed by atoms with E-state index in [0.29, 0.717) is 5.15 Å². The van der Waals surface area contributed by atoms with Crippen molar-refractivity contribution in [1.82, 2.24) is 9.78 Å². The summed E-state index contributed by atoms with van der Waals surface area (Å²) in [6, 6.07) is 19.7. The molecule has 0 bridgehead atoms. The van der Waals surface area contributed by atoms with Gasteiger partial charge in [0.25, 0.3) is 0 Å². The molecule has 0 aliphatic rings. The van der Waals surface area contributed by atoms with Crippen LogP contribution < -0.4 is 0 Å². The van der Waals surface area contributed by atoms with Crippen molar-refractivity contribution in [2.24, 2.45) is 0 Å². The minimum Gasteiger partial charge on any atom is -0.220 e. The molecule has 1 heterocycles. The number of hydrogen-bond donors (Lipinski definition) is 0. The highest BCUT2D eigenvalue weighted by molar-refractivity contribution is 9.10. The molecule has 4 heteroatoms. The Balaban J connectivity index is 2.11. The smallest absolute Gasteiger partial charge is 0.133 e. The van der Waals surface area contributed by atoms with E-state index in [4.69, 9.17) is 11.6 Å². The quantitative estimate of drug-likeness (QED) is 0.648. The fraction of sp³-hybridized carbons (Fsp3) is 0. The van der Waals surface area contributed by atoms with Gasteiger partial charge in [-0.1, -0.05) is 54.1 Å². The molecule has 1 aromatic heterocycles. The average Bonchev–Trinajstić information content (AvgIpc) is 2.82. The van der Waals surface area contributed by atoms with Crippen LogP contribution in [0.3, 0.4) is 0 Å². The first-order chi connectivity index (χ1) is 9.25. The van der Waals surface area contributed by atoms with Gasteiger partial charge in [0.1, 0.15) is 5.15 Å². The Morgan fingerprint density at radius 3 is 2.37 bits per heavy atom. The Morgan fingerprint density at radius 1 is 0.947 bits per heavy atom. The summed E-state index contributed by atoms with van der Waals surface area (Å²) in [7, 11) is 0. The largest absolute Gasteiger partial charge is 0.220 e. The monoisotopic (exact) mass is 332 g/mol. The topological polar surface area (TPSA) is 17.8 Å². The molecule has 0 N–H and O–H groups in total. The van der Waals surface area contributed by atoms with Gasteiger partial charge < -0.3 is 0 Å². The van der Waals surface area contributed by atoms with Gasteiger partial charge in [-0.25, -0.2) is 4.68 Å². The molecule has 2 nitrogen and oxygen atoms in total. The maximum Gasteiger partial charge on any atom is 0.133 e. The van der Waals surface area contributed by atoms with Crippen LogP contribution in [0, 0.1) is 0 Å². The van der Waals surface area contributed by atoms with Gasteiger partial charge in [0.05, 0.1) is 11.4 Å². The highest BCUT2D eigenvalue weighted by Crippen LogP contribution is 2.27. The summed E-state index contributed by atoms with van der Waals surface area (Å²) in [5, 5.41) is 5.15. The van der Waals surface area contributed by atoms with Crippen LogP contribution in [0.1, 0.15) is 0 Å². The first kappa shape index (κ1) is 12.5. The molecule has 2 aromatic carbocycles. The van der Waals surface area contributed by atoms with Crippen LogP contribution in [0.4, 0.5) is 0 Å². The summed E-state index contributed by atoms with van der Waals surface area (Å²) < 4.78 is 2.69. The minimum atomic E-state index is 0.589. The fourth-order valence-corrected chi connectivity index (χ4v) is 2.59. The molecule has 0 aliphatic carbocycles. The Kier molecular flexibility index (Phi) is 3.40. The van der Waals surface area contributed by atoms with E-state index in [1.807, 2.05) is 60.7 Å². The molecule has 0 fully saturated rings. The van der Waals surface area contributed by atoms with Gasteiger partial charge in [0, 0.05) is 16.1 Å². The Morgan fingerprint density at radius 2 is 1.63 bits per heavy atom. The predicted octanol–water partition coefficient (Wildman–Crippen LogP) is 4.96. The van der Waals surface area contributed by atoms with Crippen molar-refractivity contribution < 1.29 is 0 Å².